The molecule has 0 aliphatic heterocycles. The predicted octanol–water partition coefficient (Wildman–Crippen LogP) is 6.37. The van der Waals surface area contributed by atoms with E-state index >= 15 is 0 Å². The number of hydrogen-bond donors (Lipinski definition) is 0. The van der Waals surface area contributed by atoms with Crippen LogP contribution in [0.1, 0.15) is 72.6 Å². The van der Waals surface area contributed by atoms with Crippen LogP contribution in [0.25, 0.3) is 0 Å². The van der Waals surface area contributed by atoms with Crippen LogP contribution in [0.15, 0.2) is 48.7 Å². The van der Waals surface area contributed by atoms with Gasteiger partial charge in [0.1, 0.15) is 0 Å². The maximum Gasteiger partial charge on any atom is 0.223 e. The van der Waals surface area contributed by atoms with Gasteiger partial charge < -0.3 is 9.47 Å². The second kappa shape index (κ2) is 10.1. The number of aromatic nitrogens is 1. The number of hydrogen-bond acceptors (Lipinski definition) is 1. The van der Waals surface area contributed by atoms with Crippen molar-refractivity contribution in [3.63, 3.8) is 0 Å². The van der Waals surface area contributed by atoms with E-state index in [0.29, 0.717) is 24.8 Å². The minimum absolute atomic E-state index is 0.212. The molecular weight excluding hydrogens is 356 g/mol. The van der Waals surface area contributed by atoms with Gasteiger partial charge in [-0.05, 0) is 48.3 Å². The Balaban J connectivity index is 2.15. The van der Waals surface area contributed by atoms with Crippen LogP contribution in [0.3, 0.4) is 0 Å². The molecule has 2 unspecified atom stereocenters. The second-order valence-corrected chi connectivity index (χ2v) is 10.2. The molecule has 0 aliphatic rings. The molecule has 0 saturated heterocycles. The van der Waals surface area contributed by atoms with E-state index in [1.165, 1.54) is 11.3 Å². The molecule has 0 radical (unpaired) electrons. The smallest absolute Gasteiger partial charge is 0.223 e. The number of carbonyl (C=O) groups excluding carboxylic acids is 1. The molecule has 0 bridgehead atoms. The summed E-state index contributed by atoms with van der Waals surface area (Å²) in [5.41, 5.74) is 2.72. The fourth-order valence-corrected chi connectivity index (χ4v) is 4.05. The molecule has 3 nitrogen and oxygen atoms in total. The van der Waals surface area contributed by atoms with Gasteiger partial charge in [0, 0.05) is 30.9 Å². The zero-order valence-electron chi connectivity index (χ0n) is 19.5. The molecule has 3 heteroatoms. The highest BCUT2D eigenvalue weighted by Gasteiger charge is 2.26. The first-order valence-electron chi connectivity index (χ1n) is 11.0. The zero-order valence-corrected chi connectivity index (χ0v) is 19.5. The molecule has 1 aromatic carbocycles. The van der Waals surface area contributed by atoms with Gasteiger partial charge in [0.2, 0.25) is 5.91 Å². The van der Waals surface area contributed by atoms with Crippen molar-refractivity contribution in [2.75, 3.05) is 0 Å². The number of nitrogens with zero attached hydrogens (tertiary/aromatic N) is 2. The summed E-state index contributed by atoms with van der Waals surface area (Å²) < 4.78 is 2.27. The van der Waals surface area contributed by atoms with Crippen LogP contribution in [0.4, 0.5) is 0 Å². The maximum atomic E-state index is 13.3. The van der Waals surface area contributed by atoms with Gasteiger partial charge >= 0.3 is 0 Å². The van der Waals surface area contributed by atoms with Crippen LogP contribution in [0.2, 0.25) is 0 Å². The summed E-state index contributed by atoms with van der Waals surface area (Å²) >= 11 is 0. The van der Waals surface area contributed by atoms with Crippen LogP contribution in [0, 0.1) is 17.3 Å². The summed E-state index contributed by atoms with van der Waals surface area (Å²) in [5, 5.41) is 0. The number of carbonyl (C=O) groups is 1. The van der Waals surface area contributed by atoms with Crippen molar-refractivity contribution in [1.82, 2.24) is 9.47 Å². The van der Waals surface area contributed by atoms with Crippen molar-refractivity contribution in [3.05, 3.63) is 59.9 Å². The molecular formula is C26H40N2O. The molecule has 0 N–H and O–H groups in total. The molecule has 2 atom stereocenters. The lowest BCUT2D eigenvalue weighted by atomic mass is 9.84. The molecule has 1 aromatic heterocycles. The highest BCUT2D eigenvalue weighted by molar-refractivity contribution is 5.76. The molecule has 2 rings (SSSR count). The number of amides is 1. The van der Waals surface area contributed by atoms with E-state index < -0.39 is 0 Å². The topological polar surface area (TPSA) is 25.2 Å². The fraction of sp³-hybridized carbons (Fsp3) is 0.577. The third kappa shape index (κ3) is 7.38. The van der Waals surface area contributed by atoms with Crippen molar-refractivity contribution in [2.24, 2.45) is 17.3 Å². The van der Waals surface area contributed by atoms with E-state index in [-0.39, 0.29) is 17.4 Å². The Morgan fingerprint density at radius 1 is 1.00 bits per heavy atom. The molecule has 29 heavy (non-hydrogen) atoms. The first kappa shape index (κ1) is 23.3. The van der Waals surface area contributed by atoms with Gasteiger partial charge in [-0.25, -0.2) is 0 Å². The molecule has 0 saturated carbocycles. The Morgan fingerprint density at radius 2 is 1.66 bits per heavy atom. The standard InChI is InChI=1S/C26H40N2O/c1-20(2)22(4)28(25(29)16-21(3)17-26(5,6)7)19-24-14-11-15-27(24)18-23-12-9-8-10-13-23/h8-15,20-22H,16-19H2,1-7H3. The van der Waals surface area contributed by atoms with Crippen LogP contribution in [0.5, 0.6) is 0 Å². The van der Waals surface area contributed by atoms with Gasteiger partial charge in [0.15, 0.2) is 0 Å². The summed E-state index contributed by atoms with van der Waals surface area (Å²) in [7, 11) is 0. The highest BCUT2D eigenvalue weighted by Crippen LogP contribution is 2.27. The van der Waals surface area contributed by atoms with Gasteiger partial charge in [-0.15, -0.1) is 0 Å². The van der Waals surface area contributed by atoms with Gasteiger partial charge in [-0.1, -0.05) is 71.9 Å². The Labute approximate surface area is 178 Å². The summed E-state index contributed by atoms with van der Waals surface area (Å²) in [6, 6.07) is 14.9. The largest absolute Gasteiger partial charge is 0.345 e. The Kier molecular flexibility index (Phi) is 8.13. The lowest BCUT2D eigenvalue weighted by Gasteiger charge is -2.34. The van der Waals surface area contributed by atoms with E-state index in [4.69, 9.17) is 0 Å². The van der Waals surface area contributed by atoms with E-state index in [9.17, 15) is 4.79 Å². The van der Waals surface area contributed by atoms with Crippen LogP contribution in [-0.4, -0.2) is 21.4 Å². The predicted molar refractivity (Wildman–Crippen MR) is 123 cm³/mol. The maximum absolute atomic E-state index is 13.3. The summed E-state index contributed by atoms with van der Waals surface area (Å²) in [5.74, 6) is 1.09. The van der Waals surface area contributed by atoms with Crippen molar-refractivity contribution < 1.29 is 4.79 Å². The molecule has 0 aliphatic carbocycles. The van der Waals surface area contributed by atoms with E-state index in [1.807, 2.05) is 6.07 Å². The van der Waals surface area contributed by atoms with Crippen LogP contribution in [-0.2, 0) is 17.9 Å². The lowest BCUT2D eigenvalue weighted by Crippen LogP contribution is -2.42. The first-order valence-corrected chi connectivity index (χ1v) is 11.0. The van der Waals surface area contributed by atoms with Gasteiger partial charge in [0.05, 0.1) is 6.54 Å². The Hall–Kier alpha value is -2.03. The minimum atomic E-state index is 0.212. The SMILES string of the molecule is CC(CC(=O)N(Cc1cccn1Cc1ccccc1)C(C)C(C)C)CC(C)(C)C. The third-order valence-corrected chi connectivity index (χ3v) is 5.71. The average molecular weight is 397 g/mol. The van der Waals surface area contributed by atoms with E-state index in [2.05, 4.69) is 101 Å². The first-order chi connectivity index (χ1) is 13.6. The Bertz CT molecular complexity index is 755. The fourth-order valence-electron chi connectivity index (χ4n) is 4.05. The summed E-state index contributed by atoms with van der Waals surface area (Å²) in [4.78, 5) is 15.4. The monoisotopic (exact) mass is 396 g/mol. The van der Waals surface area contributed by atoms with Crippen molar-refractivity contribution in [2.45, 2.75) is 80.4 Å². The molecule has 1 heterocycles. The molecule has 1 amide bonds. The second-order valence-electron chi connectivity index (χ2n) is 10.2. The highest BCUT2D eigenvalue weighted by atomic mass is 16.2. The molecule has 0 fully saturated rings. The van der Waals surface area contributed by atoms with Crippen LogP contribution >= 0.6 is 0 Å². The van der Waals surface area contributed by atoms with E-state index in [1.54, 1.807) is 0 Å². The third-order valence-electron chi connectivity index (χ3n) is 5.71. The normalized spacial score (nSPS) is 14.1. The van der Waals surface area contributed by atoms with Gasteiger partial charge in [-0.2, -0.15) is 0 Å². The number of benzene rings is 1. The van der Waals surface area contributed by atoms with Crippen LogP contribution < -0.4 is 0 Å². The molecule has 0 spiro atoms. The quantitative estimate of drug-likeness (QED) is 0.483. The zero-order chi connectivity index (χ0) is 21.6. The van der Waals surface area contributed by atoms with Gasteiger partial charge in [0.25, 0.3) is 0 Å². The molecule has 2 aromatic rings. The summed E-state index contributed by atoms with van der Waals surface area (Å²) in [6.07, 6.45) is 3.80. The van der Waals surface area contributed by atoms with Crippen molar-refractivity contribution in [1.29, 1.82) is 0 Å². The lowest BCUT2D eigenvalue weighted by molar-refractivity contribution is -0.136. The number of rotatable bonds is 9. The average Bonchev–Trinajstić information content (AvgIpc) is 3.04. The summed E-state index contributed by atoms with van der Waals surface area (Å²) in [6.45, 7) is 17.0. The minimum Gasteiger partial charge on any atom is -0.345 e. The van der Waals surface area contributed by atoms with Crippen molar-refractivity contribution in [3.8, 4) is 0 Å². The van der Waals surface area contributed by atoms with Gasteiger partial charge in [-0.3, -0.25) is 4.79 Å². The van der Waals surface area contributed by atoms with E-state index in [0.717, 1.165) is 13.0 Å². The molecule has 160 valence electrons. The Morgan fingerprint density at radius 3 is 2.24 bits per heavy atom. The van der Waals surface area contributed by atoms with Crippen molar-refractivity contribution >= 4 is 5.91 Å².